The molecular formula is C8H16Br2N+. The van der Waals surface area contributed by atoms with Gasteiger partial charge < -0.3 is 4.48 Å². The Bertz CT molecular complexity index is 123. The normalized spacial score (nSPS) is 30.3. The third kappa shape index (κ3) is 1.99. The Balaban J connectivity index is 2.61. The van der Waals surface area contributed by atoms with Gasteiger partial charge in [-0.3, -0.25) is 0 Å². The quantitative estimate of drug-likeness (QED) is 0.416. The molecule has 0 aliphatic carbocycles. The monoisotopic (exact) mass is 284 g/mol. The van der Waals surface area contributed by atoms with Gasteiger partial charge in [-0.15, -0.1) is 0 Å². The average Bonchev–Trinajstić information content (AvgIpc) is 2.06. The van der Waals surface area contributed by atoms with Gasteiger partial charge in [0.25, 0.3) is 0 Å². The molecule has 0 spiro atoms. The fourth-order valence-electron chi connectivity index (χ4n) is 1.75. The summed E-state index contributed by atoms with van der Waals surface area (Å²) in [7, 11) is 0. The van der Waals surface area contributed by atoms with Crippen LogP contribution in [0.15, 0.2) is 0 Å². The van der Waals surface area contributed by atoms with E-state index in [2.05, 4.69) is 38.8 Å². The van der Waals surface area contributed by atoms with Crippen molar-refractivity contribution in [2.45, 2.75) is 32.2 Å². The lowest BCUT2D eigenvalue weighted by atomic mass is 10.0. The number of nitrogens with zero attached hydrogens (tertiary/aromatic N) is 1. The van der Waals surface area contributed by atoms with Crippen molar-refractivity contribution in [3.05, 3.63) is 0 Å². The molecule has 1 rings (SSSR count). The maximum atomic E-state index is 3.61. The summed E-state index contributed by atoms with van der Waals surface area (Å²) < 4.78 is 1.21. The number of hydrogen-bond acceptors (Lipinski definition) is 0. The minimum absolute atomic E-state index is 0.822. The Kier molecular flexibility index (Phi) is 3.86. The Morgan fingerprint density at radius 2 is 1.91 bits per heavy atom. The zero-order valence-corrected chi connectivity index (χ0v) is 10.2. The molecular weight excluding hydrogens is 270 g/mol. The lowest BCUT2D eigenvalue weighted by molar-refractivity contribution is -0.929. The van der Waals surface area contributed by atoms with Crippen LogP contribution < -0.4 is 0 Å². The molecule has 0 aromatic carbocycles. The van der Waals surface area contributed by atoms with Crippen LogP contribution in [0.3, 0.4) is 0 Å². The Morgan fingerprint density at radius 3 is 2.27 bits per heavy atom. The molecule has 0 bridgehead atoms. The maximum Gasteiger partial charge on any atom is 0.135 e. The van der Waals surface area contributed by atoms with Gasteiger partial charge in [0.2, 0.25) is 0 Å². The summed E-state index contributed by atoms with van der Waals surface area (Å²) in [5, 5.41) is 0. The SMILES string of the molecule is CC1CCCC[N+]1(CBr)CBr. The first-order valence-electron chi connectivity index (χ1n) is 4.23. The molecule has 66 valence electrons. The average molecular weight is 286 g/mol. The van der Waals surface area contributed by atoms with Gasteiger partial charge in [0, 0.05) is 0 Å². The smallest absolute Gasteiger partial charge is 0.135 e. The predicted molar refractivity (Wildman–Crippen MR) is 56.0 cm³/mol. The predicted octanol–water partition coefficient (Wildman–Crippen LogP) is 3.08. The molecule has 1 saturated heterocycles. The van der Waals surface area contributed by atoms with E-state index in [0.717, 1.165) is 16.9 Å². The van der Waals surface area contributed by atoms with E-state index in [1.807, 2.05) is 0 Å². The van der Waals surface area contributed by atoms with Gasteiger partial charge >= 0.3 is 0 Å². The van der Waals surface area contributed by atoms with Gasteiger partial charge in [-0.2, -0.15) is 0 Å². The van der Waals surface area contributed by atoms with Gasteiger partial charge in [0.15, 0.2) is 0 Å². The summed E-state index contributed by atoms with van der Waals surface area (Å²) in [6.07, 6.45) is 4.19. The first-order chi connectivity index (χ1) is 5.25. The third-order valence-electron chi connectivity index (χ3n) is 2.89. The molecule has 1 unspecified atom stereocenters. The highest BCUT2D eigenvalue weighted by molar-refractivity contribution is 9.09. The van der Waals surface area contributed by atoms with E-state index in [9.17, 15) is 0 Å². The highest BCUT2D eigenvalue weighted by Gasteiger charge is 2.34. The van der Waals surface area contributed by atoms with Crippen molar-refractivity contribution < 1.29 is 4.48 Å². The van der Waals surface area contributed by atoms with E-state index >= 15 is 0 Å². The van der Waals surface area contributed by atoms with Gasteiger partial charge in [0.1, 0.15) is 10.9 Å². The van der Waals surface area contributed by atoms with Crippen LogP contribution in [0, 0.1) is 0 Å². The maximum absolute atomic E-state index is 3.61. The molecule has 1 aliphatic rings. The van der Waals surface area contributed by atoms with E-state index in [4.69, 9.17) is 0 Å². The molecule has 1 aliphatic heterocycles. The van der Waals surface area contributed by atoms with Crippen molar-refractivity contribution in [3.63, 3.8) is 0 Å². The van der Waals surface area contributed by atoms with Crippen LogP contribution in [-0.2, 0) is 0 Å². The van der Waals surface area contributed by atoms with Gasteiger partial charge in [-0.05, 0) is 58.0 Å². The first-order valence-corrected chi connectivity index (χ1v) is 6.47. The molecule has 1 fully saturated rings. The Labute approximate surface area is 86.0 Å². The fraction of sp³-hybridized carbons (Fsp3) is 1.00. The van der Waals surface area contributed by atoms with Crippen molar-refractivity contribution >= 4 is 31.9 Å². The molecule has 0 saturated carbocycles. The van der Waals surface area contributed by atoms with Crippen molar-refractivity contribution in [3.8, 4) is 0 Å². The molecule has 0 N–H and O–H groups in total. The first kappa shape index (κ1) is 10.0. The minimum atomic E-state index is 0.822. The van der Waals surface area contributed by atoms with E-state index in [1.54, 1.807) is 0 Å². The lowest BCUT2D eigenvalue weighted by Crippen LogP contribution is -2.55. The van der Waals surface area contributed by atoms with Crippen molar-refractivity contribution in [2.75, 3.05) is 17.5 Å². The molecule has 3 heteroatoms. The summed E-state index contributed by atoms with van der Waals surface area (Å²) in [5.41, 5.74) is 2.19. The lowest BCUT2D eigenvalue weighted by Gasteiger charge is -2.43. The van der Waals surface area contributed by atoms with Crippen LogP contribution in [0.1, 0.15) is 26.2 Å². The molecule has 11 heavy (non-hydrogen) atoms. The summed E-state index contributed by atoms with van der Waals surface area (Å²) in [6, 6.07) is 0.822. The van der Waals surface area contributed by atoms with Gasteiger partial charge in [0.05, 0.1) is 12.6 Å². The molecule has 1 atom stereocenters. The fourth-order valence-corrected chi connectivity index (χ4v) is 4.07. The second-order valence-electron chi connectivity index (χ2n) is 3.53. The second kappa shape index (κ2) is 4.24. The number of likely N-dealkylation sites (tertiary alicyclic amines) is 1. The van der Waals surface area contributed by atoms with Crippen molar-refractivity contribution in [1.82, 2.24) is 0 Å². The van der Waals surface area contributed by atoms with Crippen molar-refractivity contribution in [1.29, 1.82) is 0 Å². The number of rotatable bonds is 2. The summed E-state index contributed by atoms with van der Waals surface area (Å²) in [4.78, 5) is 0. The van der Waals surface area contributed by atoms with Gasteiger partial charge in [-0.25, -0.2) is 0 Å². The molecule has 1 nitrogen and oxygen atoms in total. The molecule has 0 aromatic heterocycles. The number of halogens is 2. The third-order valence-corrected chi connectivity index (χ3v) is 4.88. The van der Waals surface area contributed by atoms with E-state index in [-0.39, 0.29) is 0 Å². The second-order valence-corrected chi connectivity index (χ2v) is 4.53. The van der Waals surface area contributed by atoms with Gasteiger partial charge in [-0.1, -0.05) is 0 Å². The standard InChI is InChI=1S/C8H16Br2N/c1-8-4-2-3-5-11(8,6-9)7-10/h8H,2-7H2,1H3/q+1. The summed E-state index contributed by atoms with van der Waals surface area (Å²) in [5.74, 6) is 0. The Hall–Kier alpha value is 0.920. The van der Waals surface area contributed by atoms with Crippen LogP contribution in [-0.4, -0.2) is 28.0 Å². The highest BCUT2D eigenvalue weighted by Crippen LogP contribution is 2.27. The zero-order valence-electron chi connectivity index (χ0n) is 7.02. The topological polar surface area (TPSA) is 0 Å². The highest BCUT2D eigenvalue weighted by atomic mass is 79.9. The summed E-state index contributed by atoms with van der Waals surface area (Å²) in [6.45, 7) is 3.69. The van der Waals surface area contributed by atoms with Crippen LogP contribution in [0.5, 0.6) is 0 Å². The number of alkyl halides is 2. The molecule has 0 amide bonds. The number of quaternary nitrogens is 1. The van der Waals surface area contributed by atoms with E-state index < -0.39 is 0 Å². The number of hydrogen-bond donors (Lipinski definition) is 0. The van der Waals surface area contributed by atoms with Crippen LogP contribution >= 0.6 is 31.9 Å². The van der Waals surface area contributed by atoms with E-state index in [1.165, 1.54) is 30.3 Å². The van der Waals surface area contributed by atoms with E-state index in [0.29, 0.717) is 0 Å². The Morgan fingerprint density at radius 1 is 1.27 bits per heavy atom. The molecule has 1 heterocycles. The minimum Gasteiger partial charge on any atom is -0.304 e. The van der Waals surface area contributed by atoms with Crippen LogP contribution in [0.2, 0.25) is 0 Å². The zero-order chi connectivity index (χ0) is 8.32. The molecule has 0 aromatic rings. The summed E-state index contributed by atoms with van der Waals surface area (Å²) >= 11 is 7.22. The van der Waals surface area contributed by atoms with Crippen molar-refractivity contribution in [2.24, 2.45) is 0 Å². The number of piperidine rings is 1. The molecule has 0 radical (unpaired) electrons. The van der Waals surface area contributed by atoms with Crippen LogP contribution in [0.25, 0.3) is 0 Å². The largest absolute Gasteiger partial charge is 0.304 e. The van der Waals surface area contributed by atoms with Crippen LogP contribution in [0.4, 0.5) is 0 Å².